The number of aromatic nitrogens is 2. The molecule has 0 radical (unpaired) electrons. The van der Waals surface area contributed by atoms with E-state index in [1.807, 2.05) is 6.92 Å². The first-order valence-electron chi connectivity index (χ1n) is 11.1. The van der Waals surface area contributed by atoms with Gasteiger partial charge in [0.2, 0.25) is 0 Å². The highest BCUT2D eigenvalue weighted by Gasteiger charge is 2.35. The number of carbonyl (C=O) groups excluding carboxylic acids is 1. The van der Waals surface area contributed by atoms with Crippen LogP contribution in [0.2, 0.25) is 0 Å². The zero-order valence-corrected chi connectivity index (χ0v) is 18.6. The maximum atomic E-state index is 14.3. The highest BCUT2D eigenvalue weighted by molar-refractivity contribution is 5.93. The van der Waals surface area contributed by atoms with E-state index in [0.29, 0.717) is 17.9 Å². The smallest absolute Gasteiger partial charge is 0.349 e. The third-order valence-corrected chi connectivity index (χ3v) is 6.31. The Balaban J connectivity index is 1.54. The third kappa shape index (κ3) is 4.90. The van der Waals surface area contributed by atoms with Gasteiger partial charge in [0.15, 0.2) is 5.69 Å². The number of rotatable bonds is 5. The summed E-state index contributed by atoms with van der Waals surface area (Å²) in [6.45, 7) is 6.95. The van der Waals surface area contributed by atoms with Gasteiger partial charge < -0.3 is 15.5 Å². The van der Waals surface area contributed by atoms with Gasteiger partial charge in [0.05, 0.1) is 5.56 Å². The number of halogens is 4. The summed E-state index contributed by atoms with van der Waals surface area (Å²) in [5.41, 5.74) is 0.732. The minimum Gasteiger partial charge on any atom is -0.349 e. The van der Waals surface area contributed by atoms with E-state index < -0.39 is 23.6 Å². The Labute approximate surface area is 189 Å². The van der Waals surface area contributed by atoms with Crippen LogP contribution in [0.1, 0.15) is 60.8 Å². The Morgan fingerprint density at radius 1 is 1.18 bits per heavy atom. The fourth-order valence-electron chi connectivity index (χ4n) is 4.40. The molecule has 6 nitrogen and oxygen atoms in total. The number of fused-ring (bicyclic) bond motifs is 1. The second-order valence-corrected chi connectivity index (χ2v) is 8.59. The normalized spacial score (nSPS) is 19.3. The molecule has 1 fully saturated rings. The number of hydrogen-bond donors (Lipinski definition) is 2. The Kier molecular flexibility index (Phi) is 6.47. The van der Waals surface area contributed by atoms with Gasteiger partial charge in [0.25, 0.3) is 5.91 Å². The molecule has 1 aromatic carbocycles. The fourth-order valence-corrected chi connectivity index (χ4v) is 4.40. The molecule has 3 heterocycles. The molecule has 2 aromatic rings. The Hall–Kier alpha value is -2.88. The van der Waals surface area contributed by atoms with Gasteiger partial charge in [-0.05, 0) is 63.0 Å². The van der Waals surface area contributed by atoms with Gasteiger partial charge in [-0.1, -0.05) is 12.5 Å². The monoisotopic (exact) mass is 465 g/mol. The van der Waals surface area contributed by atoms with E-state index in [9.17, 15) is 22.4 Å². The molecule has 4 rings (SSSR count). The van der Waals surface area contributed by atoms with Crippen LogP contribution >= 0.6 is 0 Å². The number of carbonyl (C=O) groups is 1. The molecule has 33 heavy (non-hydrogen) atoms. The van der Waals surface area contributed by atoms with Crippen LogP contribution in [-0.4, -0.2) is 46.8 Å². The van der Waals surface area contributed by atoms with Crippen LogP contribution in [0.3, 0.4) is 0 Å². The largest absolute Gasteiger partial charge is 0.419 e. The molecule has 2 aliphatic rings. The minimum atomic E-state index is -4.77. The Morgan fingerprint density at radius 2 is 1.91 bits per heavy atom. The summed E-state index contributed by atoms with van der Waals surface area (Å²) in [6.07, 6.45) is -1.18. The number of amides is 1. The van der Waals surface area contributed by atoms with Gasteiger partial charge in [-0.25, -0.2) is 9.07 Å². The quantitative estimate of drug-likeness (QED) is 0.636. The topological polar surface area (TPSA) is 62.2 Å². The van der Waals surface area contributed by atoms with Crippen molar-refractivity contribution in [3.8, 4) is 0 Å². The molecule has 1 unspecified atom stereocenters. The molecule has 178 valence electrons. The third-order valence-electron chi connectivity index (χ3n) is 6.31. The van der Waals surface area contributed by atoms with E-state index in [1.54, 1.807) is 13.0 Å². The number of nitrogens with zero attached hydrogens (tertiary/aromatic N) is 3. The number of anilines is 1. The molecule has 0 aliphatic carbocycles. The van der Waals surface area contributed by atoms with Crippen molar-refractivity contribution in [2.75, 3.05) is 31.5 Å². The summed E-state index contributed by atoms with van der Waals surface area (Å²) in [7, 11) is 0. The number of piperidine rings is 1. The van der Waals surface area contributed by atoms with Crippen LogP contribution in [0, 0.1) is 5.82 Å². The van der Waals surface area contributed by atoms with Crippen molar-refractivity contribution < 1.29 is 22.4 Å². The SMILES string of the molecule is CC1=C(C)C(c2ccc(C(F)(F)F)c(F)c2)n2nc(C(=O)NCCN3CCCCC3)cc2N1. The number of allylic oxidation sites excluding steroid dienone is 2. The van der Waals surface area contributed by atoms with E-state index >= 15 is 0 Å². The molecular formula is C23H27F4N5O. The van der Waals surface area contributed by atoms with Crippen LogP contribution in [-0.2, 0) is 6.18 Å². The van der Waals surface area contributed by atoms with Crippen LogP contribution in [0.25, 0.3) is 0 Å². The summed E-state index contributed by atoms with van der Waals surface area (Å²) < 4.78 is 54.8. The summed E-state index contributed by atoms with van der Waals surface area (Å²) >= 11 is 0. The maximum absolute atomic E-state index is 14.3. The average molecular weight is 465 g/mol. The molecule has 0 bridgehead atoms. The summed E-state index contributed by atoms with van der Waals surface area (Å²) in [5.74, 6) is -1.15. The lowest BCUT2D eigenvalue weighted by atomic mass is 9.96. The highest BCUT2D eigenvalue weighted by Crippen LogP contribution is 2.38. The molecule has 10 heteroatoms. The van der Waals surface area contributed by atoms with Gasteiger partial charge >= 0.3 is 6.18 Å². The molecule has 1 atom stereocenters. The van der Waals surface area contributed by atoms with Crippen LogP contribution in [0.5, 0.6) is 0 Å². The molecule has 2 N–H and O–H groups in total. The molecule has 0 spiro atoms. The lowest BCUT2D eigenvalue weighted by Crippen LogP contribution is -2.37. The predicted molar refractivity (Wildman–Crippen MR) is 116 cm³/mol. The molecule has 1 saturated heterocycles. The average Bonchev–Trinajstić information content (AvgIpc) is 3.17. The van der Waals surface area contributed by atoms with Crippen LogP contribution < -0.4 is 10.6 Å². The predicted octanol–water partition coefficient (Wildman–Crippen LogP) is 4.57. The van der Waals surface area contributed by atoms with Gasteiger partial charge in [-0.2, -0.15) is 18.3 Å². The lowest BCUT2D eigenvalue weighted by Gasteiger charge is -2.28. The lowest BCUT2D eigenvalue weighted by molar-refractivity contribution is -0.140. The number of alkyl halides is 3. The fraction of sp³-hybridized carbons (Fsp3) is 0.478. The number of hydrogen-bond acceptors (Lipinski definition) is 4. The van der Waals surface area contributed by atoms with E-state index in [0.717, 1.165) is 43.0 Å². The molecule has 1 amide bonds. The first-order chi connectivity index (χ1) is 15.6. The second kappa shape index (κ2) is 9.17. The highest BCUT2D eigenvalue weighted by atomic mass is 19.4. The first-order valence-corrected chi connectivity index (χ1v) is 11.1. The van der Waals surface area contributed by atoms with Crippen LogP contribution in [0.15, 0.2) is 35.5 Å². The second-order valence-electron chi connectivity index (χ2n) is 8.59. The number of nitrogens with one attached hydrogen (secondary N) is 2. The van der Waals surface area contributed by atoms with Crippen molar-refractivity contribution in [1.29, 1.82) is 0 Å². The number of likely N-dealkylation sites (tertiary alicyclic amines) is 1. The van der Waals surface area contributed by atoms with Gasteiger partial charge in [0.1, 0.15) is 17.7 Å². The zero-order chi connectivity index (χ0) is 23.8. The Bertz CT molecular complexity index is 1070. The Morgan fingerprint density at radius 3 is 2.58 bits per heavy atom. The van der Waals surface area contributed by atoms with E-state index in [1.165, 1.54) is 30.0 Å². The van der Waals surface area contributed by atoms with Crippen LogP contribution in [0.4, 0.5) is 23.4 Å². The molecule has 0 saturated carbocycles. The van der Waals surface area contributed by atoms with Crippen molar-refractivity contribution in [2.45, 2.75) is 45.3 Å². The van der Waals surface area contributed by atoms with Crippen molar-refractivity contribution in [3.63, 3.8) is 0 Å². The first kappa shape index (κ1) is 23.3. The standard InChI is InChI=1S/C23H27F4N5O/c1-14-15(2)29-20-13-19(22(33)28-8-11-31-9-4-3-5-10-31)30-32(20)21(14)16-6-7-17(18(24)12-16)23(25,26)27/h6-7,12-13,21,29H,3-5,8-11H2,1-2H3,(H,28,33). The van der Waals surface area contributed by atoms with Crippen molar-refractivity contribution in [3.05, 3.63) is 58.2 Å². The maximum Gasteiger partial charge on any atom is 0.419 e. The van der Waals surface area contributed by atoms with E-state index in [-0.39, 0.29) is 11.6 Å². The summed E-state index contributed by atoms with van der Waals surface area (Å²) in [6, 6.07) is 3.85. The minimum absolute atomic E-state index is 0.191. The van der Waals surface area contributed by atoms with E-state index in [4.69, 9.17) is 0 Å². The molecule has 2 aliphatic heterocycles. The number of benzene rings is 1. The van der Waals surface area contributed by atoms with Crippen molar-refractivity contribution in [1.82, 2.24) is 20.0 Å². The zero-order valence-electron chi connectivity index (χ0n) is 18.6. The summed E-state index contributed by atoms with van der Waals surface area (Å²) in [5, 5.41) is 10.5. The van der Waals surface area contributed by atoms with Crippen molar-refractivity contribution >= 4 is 11.7 Å². The summed E-state index contributed by atoms with van der Waals surface area (Å²) in [4.78, 5) is 15.0. The van der Waals surface area contributed by atoms with Gasteiger partial charge in [-0.3, -0.25) is 4.79 Å². The molecular weight excluding hydrogens is 438 g/mol. The van der Waals surface area contributed by atoms with Gasteiger partial charge in [0, 0.05) is 24.9 Å². The van der Waals surface area contributed by atoms with Crippen molar-refractivity contribution in [2.24, 2.45) is 0 Å². The van der Waals surface area contributed by atoms with Gasteiger partial charge in [-0.15, -0.1) is 0 Å². The van der Waals surface area contributed by atoms with E-state index in [2.05, 4.69) is 20.6 Å². The molecule has 1 aromatic heterocycles.